The Bertz CT molecular complexity index is 1180. The van der Waals surface area contributed by atoms with E-state index in [2.05, 4.69) is 12.2 Å². The number of hydrogen-bond acceptors (Lipinski definition) is 5. The van der Waals surface area contributed by atoms with E-state index in [0.29, 0.717) is 31.6 Å². The van der Waals surface area contributed by atoms with E-state index in [-0.39, 0.29) is 43.9 Å². The molecule has 0 radical (unpaired) electrons. The van der Waals surface area contributed by atoms with E-state index in [1.54, 1.807) is 23.0 Å². The maximum absolute atomic E-state index is 13.7. The van der Waals surface area contributed by atoms with Gasteiger partial charge in [-0.25, -0.2) is 9.40 Å². The van der Waals surface area contributed by atoms with Crippen molar-refractivity contribution in [1.29, 1.82) is 0 Å². The Balaban J connectivity index is 0.00000400. The van der Waals surface area contributed by atoms with Gasteiger partial charge >= 0.3 is 0 Å². The third kappa shape index (κ3) is 6.78. The predicted octanol–water partition coefficient (Wildman–Crippen LogP) is 4.79. The van der Waals surface area contributed by atoms with Crippen LogP contribution in [0, 0.1) is 12.7 Å². The second-order valence-electron chi connectivity index (χ2n) is 10.1. The molecule has 4 rings (SSSR count). The molecule has 0 fully saturated rings. The zero-order valence-electron chi connectivity index (χ0n) is 22.1. The number of ketones is 1. The van der Waals surface area contributed by atoms with E-state index in [1.165, 1.54) is 12.1 Å². The van der Waals surface area contributed by atoms with Crippen LogP contribution >= 0.6 is 0 Å². The summed E-state index contributed by atoms with van der Waals surface area (Å²) in [6, 6.07) is 8.58. The highest BCUT2D eigenvalue weighted by atomic mass is 19.1. The Hall–Kier alpha value is -3.26. The normalized spacial score (nSPS) is 14.4. The topological polar surface area (TPSA) is 73.0 Å². The SMILES string of the molecule is C.CCCCCNC(=O)CN(CC(=O)N(C)N1Cc2ccc(F)cc2C1)c1cc2c(cc1C)CCCC2=O. The third-order valence-electron chi connectivity index (χ3n) is 7.34. The highest BCUT2D eigenvalue weighted by molar-refractivity contribution is 6.00. The lowest BCUT2D eigenvalue weighted by Crippen LogP contribution is -2.48. The van der Waals surface area contributed by atoms with Gasteiger partial charge in [-0.3, -0.25) is 19.4 Å². The number of hydrazine groups is 1. The van der Waals surface area contributed by atoms with E-state index in [1.807, 2.05) is 24.1 Å². The van der Waals surface area contributed by atoms with Crippen LogP contribution in [-0.2, 0) is 29.1 Å². The van der Waals surface area contributed by atoms with Crippen molar-refractivity contribution < 1.29 is 18.8 Å². The number of rotatable bonds is 10. The summed E-state index contributed by atoms with van der Waals surface area (Å²) < 4.78 is 13.7. The van der Waals surface area contributed by atoms with Gasteiger partial charge in [-0.1, -0.05) is 39.3 Å². The minimum atomic E-state index is -0.289. The molecule has 38 heavy (non-hydrogen) atoms. The minimum Gasteiger partial charge on any atom is -0.355 e. The standard InChI is InChI=1S/C29H37FN4O3.CH4/c1-4-5-6-12-31-28(36)18-33(26-15-25-21(13-20(26)2)8-7-9-27(25)35)19-29(37)32(3)34-16-22-10-11-24(30)14-23(22)17-34;/h10-11,13-15H,4-9,12,16-19H2,1-3H3,(H,31,36);1H4. The van der Waals surface area contributed by atoms with Crippen molar-refractivity contribution in [2.45, 2.75) is 72.9 Å². The number of amides is 2. The lowest BCUT2D eigenvalue weighted by atomic mass is 9.88. The van der Waals surface area contributed by atoms with E-state index in [9.17, 15) is 18.8 Å². The van der Waals surface area contributed by atoms with Gasteiger partial charge in [0.25, 0.3) is 5.91 Å². The van der Waals surface area contributed by atoms with Crippen LogP contribution in [0.25, 0.3) is 0 Å². The van der Waals surface area contributed by atoms with Gasteiger partial charge in [0.1, 0.15) is 5.82 Å². The number of nitrogens with one attached hydrogen (secondary N) is 1. The summed E-state index contributed by atoms with van der Waals surface area (Å²) in [6.07, 6.45) is 5.25. The molecule has 1 aliphatic heterocycles. The molecule has 0 aromatic heterocycles. The molecule has 8 heteroatoms. The molecule has 2 amide bonds. The largest absolute Gasteiger partial charge is 0.355 e. The lowest BCUT2D eigenvalue weighted by Gasteiger charge is -2.32. The number of benzene rings is 2. The number of anilines is 1. The molecular formula is C30H41FN4O3. The first-order valence-electron chi connectivity index (χ1n) is 13.2. The van der Waals surface area contributed by atoms with Gasteiger partial charge in [0, 0.05) is 44.4 Å². The fraction of sp³-hybridized carbons (Fsp3) is 0.500. The number of nitrogens with zero attached hydrogens (tertiary/aromatic N) is 3. The molecule has 1 N–H and O–H groups in total. The van der Waals surface area contributed by atoms with Crippen LogP contribution in [0.15, 0.2) is 30.3 Å². The third-order valence-corrected chi connectivity index (χ3v) is 7.34. The zero-order valence-corrected chi connectivity index (χ0v) is 22.1. The Morgan fingerprint density at radius 1 is 1.03 bits per heavy atom. The molecule has 0 atom stereocenters. The lowest BCUT2D eigenvalue weighted by molar-refractivity contribution is -0.145. The highest BCUT2D eigenvalue weighted by Crippen LogP contribution is 2.30. The maximum Gasteiger partial charge on any atom is 0.256 e. The van der Waals surface area contributed by atoms with Crippen LogP contribution < -0.4 is 10.2 Å². The maximum atomic E-state index is 13.7. The Labute approximate surface area is 226 Å². The summed E-state index contributed by atoms with van der Waals surface area (Å²) in [5.74, 6) is -0.519. The quantitative estimate of drug-likeness (QED) is 0.453. The number of hydrogen-bond donors (Lipinski definition) is 1. The van der Waals surface area contributed by atoms with Crippen molar-refractivity contribution in [3.63, 3.8) is 0 Å². The van der Waals surface area contributed by atoms with Gasteiger partial charge < -0.3 is 10.2 Å². The summed E-state index contributed by atoms with van der Waals surface area (Å²) in [5, 5.41) is 6.40. The zero-order chi connectivity index (χ0) is 26.5. The molecule has 0 saturated carbocycles. The van der Waals surface area contributed by atoms with Crippen molar-refractivity contribution in [2.24, 2.45) is 0 Å². The molecule has 0 bridgehead atoms. The number of fused-ring (bicyclic) bond motifs is 2. The van der Waals surface area contributed by atoms with Crippen LogP contribution in [0.3, 0.4) is 0 Å². The van der Waals surface area contributed by atoms with Gasteiger partial charge in [-0.2, -0.15) is 0 Å². The molecule has 1 aliphatic carbocycles. The molecule has 7 nitrogen and oxygen atoms in total. The van der Waals surface area contributed by atoms with Gasteiger partial charge in [-0.15, -0.1) is 0 Å². The number of Topliss-reactive ketones (excluding diaryl/α,β-unsaturated/α-hetero) is 1. The van der Waals surface area contributed by atoms with Crippen molar-refractivity contribution in [3.8, 4) is 0 Å². The first kappa shape index (κ1) is 29.3. The second kappa shape index (κ2) is 13.0. The van der Waals surface area contributed by atoms with Gasteiger partial charge in [0.15, 0.2) is 5.78 Å². The van der Waals surface area contributed by atoms with Crippen molar-refractivity contribution in [1.82, 2.24) is 15.3 Å². The molecule has 0 saturated heterocycles. The van der Waals surface area contributed by atoms with Gasteiger partial charge in [-0.05, 0) is 66.6 Å². The first-order valence-corrected chi connectivity index (χ1v) is 13.2. The molecule has 206 valence electrons. The summed E-state index contributed by atoms with van der Waals surface area (Å²) in [6.45, 7) is 5.63. The summed E-state index contributed by atoms with van der Waals surface area (Å²) in [5.41, 5.74) is 5.25. The minimum absolute atomic E-state index is 0. The van der Waals surface area contributed by atoms with Gasteiger partial charge in [0.2, 0.25) is 5.91 Å². The number of carbonyl (C=O) groups excluding carboxylic acids is 3. The van der Waals surface area contributed by atoms with E-state index >= 15 is 0 Å². The van der Waals surface area contributed by atoms with E-state index in [0.717, 1.165) is 60.0 Å². The summed E-state index contributed by atoms with van der Waals surface area (Å²) >= 11 is 0. The van der Waals surface area contributed by atoms with Crippen LogP contribution in [0.1, 0.15) is 79.1 Å². The highest BCUT2D eigenvalue weighted by Gasteiger charge is 2.28. The smallest absolute Gasteiger partial charge is 0.256 e. The van der Waals surface area contributed by atoms with E-state index < -0.39 is 0 Å². The van der Waals surface area contributed by atoms with E-state index in [4.69, 9.17) is 0 Å². The van der Waals surface area contributed by atoms with Gasteiger partial charge in [0.05, 0.1) is 13.1 Å². The number of unbranched alkanes of at least 4 members (excludes halogenated alkanes) is 2. The Kier molecular flexibility index (Phi) is 10.0. The molecule has 1 heterocycles. The molecular weight excluding hydrogens is 483 g/mol. The van der Waals surface area contributed by atoms with Crippen LogP contribution in [-0.4, -0.2) is 54.3 Å². The van der Waals surface area contributed by atoms with Crippen LogP contribution in [0.2, 0.25) is 0 Å². The van der Waals surface area contributed by atoms with Crippen molar-refractivity contribution in [2.75, 3.05) is 31.6 Å². The number of halogens is 1. The van der Waals surface area contributed by atoms with Crippen molar-refractivity contribution in [3.05, 3.63) is 64.0 Å². The number of likely N-dealkylation sites (N-methyl/N-ethyl adjacent to an activating group) is 1. The molecule has 2 aromatic rings. The van der Waals surface area contributed by atoms with Crippen molar-refractivity contribution >= 4 is 23.3 Å². The number of aryl methyl sites for hydroxylation is 2. The summed E-state index contributed by atoms with van der Waals surface area (Å²) in [7, 11) is 1.71. The fourth-order valence-electron chi connectivity index (χ4n) is 5.18. The average Bonchev–Trinajstić information content (AvgIpc) is 3.29. The van der Waals surface area contributed by atoms with Crippen LogP contribution in [0.5, 0.6) is 0 Å². The Morgan fingerprint density at radius 3 is 2.55 bits per heavy atom. The molecule has 0 unspecified atom stereocenters. The monoisotopic (exact) mass is 524 g/mol. The van der Waals surface area contributed by atoms with Crippen LogP contribution in [0.4, 0.5) is 10.1 Å². The number of carbonyl (C=O) groups is 3. The first-order chi connectivity index (χ1) is 17.8. The molecule has 0 spiro atoms. The summed E-state index contributed by atoms with van der Waals surface area (Å²) in [4.78, 5) is 40.7. The molecule has 2 aliphatic rings. The predicted molar refractivity (Wildman–Crippen MR) is 148 cm³/mol. The second-order valence-corrected chi connectivity index (χ2v) is 10.1. The Morgan fingerprint density at radius 2 is 1.79 bits per heavy atom. The average molecular weight is 525 g/mol. The fourth-order valence-corrected chi connectivity index (χ4v) is 5.18. The molecule has 2 aromatic carbocycles.